The monoisotopic (exact) mass is 596 g/mol. The van der Waals surface area contributed by atoms with Gasteiger partial charge in [-0.15, -0.1) is 11.8 Å². The third kappa shape index (κ3) is 8.82. The summed E-state index contributed by atoms with van der Waals surface area (Å²) in [6, 6.07) is 10.5. The highest BCUT2D eigenvalue weighted by molar-refractivity contribution is 7.99. The van der Waals surface area contributed by atoms with Gasteiger partial charge in [0.05, 0.1) is 21.2 Å². The Morgan fingerprint density at radius 1 is 1.26 bits per heavy atom. The number of nitrogens with zero attached hydrogens (tertiary/aromatic N) is 2. The average molecular weight is 597 g/mol. The molecule has 8 nitrogen and oxygen atoms in total. The van der Waals surface area contributed by atoms with Crippen molar-refractivity contribution in [2.24, 2.45) is 0 Å². The number of thioether (sulfide) groups is 1. The van der Waals surface area contributed by atoms with E-state index in [0.717, 1.165) is 30.7 Å². The number of sulfonamides is 1. The number of benzene rings is 2. The lowest BCUT2D eigenvalue weighted by Crippen LogP contribution is -2.48. The molecule has 0 spiro atoms. The Morgan fingerprint density at radius 3 is 2.64 bits per heavy atom. The molecule has 0 aliphatic carbocycles. The van der Waals surface area contributed by atoms with Crippen LogP contribution in [0.3, 0.4) is 0 Å². The summed E-state index contributed by atoms with van der Waals surface area (Å²) in [5, 5.41) is 13.2. The topological polar surface area (TPSA) is 112 Å². The Balaban J connectivity index is 1.81. The Labute approximate surface area is 239 Å². The zero-order valence-electron chi connectivity index (χ0n) is 22.3. The SMILES string of the molecule is CN(C)CC[C@H](CSc1ccc(F)cc1)Nc1c(Cl)cc(S(=O)(=O)NC(=O)[C@@]2(C)CCCCCO2)cc1C#N. The van der Waals surface area contributed by atoms with Gasteiger partial charge in [-0.2, -0.15) is 5.26 Å². The van der Waals surface area contributed by atoms with Gasteiger partial charge in [0.1, 0.15) is 17.5 Å². The minimum absolute atomic E-state index is 0.0360. The second-order valence-corrected chi connectivity index (χ2v) is 13.1. The van der Waals surface area contributed by atoms with E-state index < -0.39 is 21.5 Å². The Kier molecular flexibility index (Phi) is 11.0. The van der Waals surface area contributed by atoms with E-state index in [1.807, 2.05) is 25.1 Å². The number of rotatable bonds is 11. The van der Waals surface area contributed by atoms with E-state index in [0.29, 0.717) is 30.9 Å². The van der Waals surface area contributed by atoms with Gasteiger partial charge in [-0.05, 0) is 89.6 Å². The Hall–Kier alpha value is -2.36. The first-order valence-electron chi connectivity index (χ1n) is 12.7. The molecular formula is C27H34ClFN4O4S2. The molecule has 2 aromatic carbocycles. The van der Waals surface area contributed by atoms with Crippen LogP contribution in [0.15, 0.2) is 46.2 Å². The fraction of sp³-hybridized carbons (Fsp3) is 0.481. The van der Waals surface area contributed by atoms with Gasteiger partial charge in [0.2, 0.25) is 0 Å². The Bertz CT molecular complexity index is 1290. The van der Waals surface area contributed by atoms with Gasteiger partial charge in [-0.1, -0.05) is 18.0 Å². The summed E-state index contributed by atoms with van der Waals surface area (Å²) in [6.07, 6.45) is 3.58. The number of carbonyl (C=O) groups is 1. The van der Waals surface area contributed by atoms with Gasteiger partial charge >= 0.3 is 0 Å². The number of halogens is 2. The van der Waals surface area contributed by atoms with Crippen LogP contribution in [0.25, 0.3) is 0 Å². The number of amides is 1. The molecule has 1 aliphatic heterocycles. The van der Waals surface area contributed by atoms with Gasteiger partial charge in [-0.25, -0.2) is 17.5 Å². The van der Waals surface area contributed by atoms with Crippen LogP contribution >= 0.6 is 23.4 Å². The molecule has 1 amide bonds. The fourth-order valence-electron chi connectivity index (χ4n) is 4.09. The molecular weight excluding hydrogens is 563 g/mol. The number of carbonyl (C=O) groups excluding carboxylic acids is 1. The first-order chi connectivity index (χ1) is 18.4. The lowest BCUT2D eigenvalue weighted by Gasteiger charge is -2.26. The summed E-state index contributed by atoms with van der Waals surface area (Å²) >= 11 is 8.05. The normalized spacial score (nSPS) is 18.7. The van der Waals surface area contributed by atoms with Crippen molar-refractivity contribution >= 4 is 45.0 Å². The largest absolute Gasteiger partial charge is 0.379 e. The molecule has 3 rings (SSSR count). The highest BCUT2D eigenvalue weighted by Crippen LogP contribution is 2.32. The van der Waals surface area contributed by atoms with Gasteiger partial charge in [0, 0.05) is 23.3 Å². The molecule has 1 fully saturated rings. The number of hydrogen-bond acceptors (Lipinski definition) is 8. The molecule has 1 aliphatic rings. The lowest BCUT2D eigenvalue weighted by molar-refractivity contribution is -0.142. The van der Waals surface area contributed by atoms with E-state index in [9.17, 15) is 22.9 Å². The first-order valence-corrected chi connectivity index (χ1v) is 15.5. The van der Waals surface area contributed by atoms with Crippen molar-refractivity contribution in [2.45, 2.75) is 60.5 Å². The maximum absolute atomic E-state index is 13.3. The number of nitrogens with one attached hydrogen (secondary N) is 2. The molecule has 0 saturated carbocycles. The molecule has 0 aromatic heterocycles. The number of anilines is 1. The summed E-state index contributed by atoms with van der Waals surface area (Å²) in [7, 11) is -0.413. The van der Waals surface area contributed by atoms with E-state index in [1.165, 1.54) is 36.0 Å². The zero-order chi connectivity index (χ0) is 28.6. The van der Waals surface area contributed by atoms with Crippen molar-refractivity contribution in [3.63, 3.8) is 0 Å². The van der Waals surface area contributed by atoms with Gasteiger partial charge < -0.3 is 15.0 Å². The third-order valence-electron chi connectivity index (χ3n) is 6.46. The highest BCUT2D eigenvalue weighted by Gasteiger charge is 2.37. The lowest BCUT2D eigenvalue weighted by atomic mass is 9.99. The van der Waals surface area contributed by atoms with Crippen molar-refractivity contribution in [1.82, 2.24) is 9.62 Å². The summed E-state index contributed by atoms with van der Waals surface area (Å²) in [5.41, 5.74) is -0.907. The van der Waals surface area contributed by atoms with Crippen molar-refractivity contribution in [1.29, 1.82) is 5.26 Å². The number of hydrogen-bond donors (Lipinski definition) is 2. The molecule has 2 atom stereocenters. The molecule has 2 aromatic rings. The number of ether oxygens (including phenoxy) is 1. The van der Waals surface area contributed by atoms with Crippen LogP contribution in [0.1, 0.15) is 44.6 Å². The van der Waals surface area contributed by atoms with E-state index >= 15 is 0 Å². The molecule has 2 N–H and O–H groups in total. The summed E-state index contributed by atoms with van der Waals surface area (Å²) in [4.78, 5) is 15.5. The molecule has 1 saturated heterocycles. The molecule has 1 heterocycles. The highest BCUT2D eigenvalue weighted by atomic mass is 35.5. The van der Waals surface area contributed by atoms with Crippen LogP contribution in [-0.2, 0) is 19.6 Å². The molecule has 0 bridgehead atoms. The second-order valence-electron chi connectivity index (χ2n) is 9.96. The van der Waals surface area contributed by atoms with E-state index in [-0.39, 0.29) is 27.3 Å². The van der Waals surface area contributed by atoms with E-state index in [1.54, 1.807) is 19.1 Å². The predicted octanol–water partition coefficient (Wildman–Crippen LogP) is 5.03. The van der Waals surface area contributed by atoms with Crippen LogP contribution in [0.2, 0.25) is 5.02 Å². The quantitative estimate of drug-likeness (QED) is 0.348. The van der Waals surface area contributed by atoms with Crippen LogP contribution in [0.4, 0.5) is 10.1 Å². The van der Waals surface area contributed by atoms with Crippen molar-refractivity contribution in [3.8, 4) is 6.07 Å². The van der Waals surface area contributed by atoms with Gasteiger partial charge in [0.15, 0.2) is 0 Å². The standard InChI is InChI=1S/C27H34ClFN4O4S2/c1-27(12-5-4-6-14-37-27)26(34)32-39(35,36)23-15-19(17-30)25(24(28)16-23)31-21(11-13-33(2)3)18-38-22-9-7-20(29)8-10-22/h7-10,15-16,21,31H,4-6,11-14,18H2,1-3H3,(H,32,34)/t21-,27-/m1/s1. The molecule has 39 heavy (non-hydrogen) atoms. The van der Waals surface area contributed by atoms with E-state index in [4.69, 9.17) is 16.3 Å². The predicted molar refractivity (Wildman–Crippen MR) is 152 cm³/mol. The minimum Gasteiger partial charge on any atom is -0.379 e. The molecule has 212 valence electrons. The summed E-state index contributed by atoms with van der Waals surface area (Å²) in [5.74, 6) is -0.466. The molecule has 12 heteroatoms. The zero-order valence-corrected chi connectivity index (χ0v) is 24.7. The smallest absolute Gasteiger partial charge is 0.265 e. The second kappa shape index (κ2) is 13.8. The van der Waals surface area contributed by atoms with E-state index in [2.05, 4.69) is 10.0 Å². The number of nitriles is 1. The van der Waals surface area contributed by atoms with Crippen molar-refractivity contribution in [3.05, 3.63) is 52.8 Å². The molecule has 0 radical (unpaired) electrons. The third-order valence-corrected chi connectivity index (χ3v) is 9.24. The van der Waals surface area contributed by atoms with Crippen LogP contribution in [-0.4, -0.2) is 63.9 Å². The van der Waals surface area contributed by atoms with Crippen LogP contribution < -0.4 is 10.0 Å². The van der Waals surface area contributed by atoms with Gasteiger partial charge in [-0.3, -0.25) is 4.79 Å². The minimum atomic E-state index is -4.31. The summed E-state index contributed by atoms with van der Waals surface area (Å²) in [6.45, 7) is 2.71. The van der Waals surface area contributed by atoms with Crippen LogP contribution in [0, 0.1) is 17.1 Å². The Morgan fingerprint density at radius 2 is 1.97 bits per heavy atom. The maximum atomic E-state index is 13.3. The van der Waals surface area contributed by atoms with Crippen molar-refractivity contribution in [2.75, 3.05) is 38.3 Å². The average Bonchev–Trinajstić information content (AvgIpc) is 3.12. The van der Waals surface area contributed by atoms with Gasteiger partial charge in [0.25, 0.3) is 15.9 Å². The molecule has 0 unspecified atom stereocenters. The summed E-state index contributed by atoms with van der Waals surface area (Å²) < 4.78 is 47.3. The van der Waals surface area contributed by atoms with Crippen LogP contribution in [0.5, 0.6) is 0 Å². The first kappa shape index (κ1) is 31.2. The van der Waals surface area contributed by atoms with Crippen molar-refractivity contribution < 1.29 is 22.3 Å². The maximum Gasteiger partial charge on any atom is 0.265 e. The fourth-order valence-corrected chi connectivity index (χ4v) is 6.53.